The molecule has 7 heteroatoms. The summed E-state index contributed by atoms with van der Waals surface area (Å²) in [6, 6.07) is 7.03. The van der Waals surface area contributed by atoms with Gasteiger partial charge in [-0.15, -0.1) is 5.10 Å². The standard InChI is InChI=1S/C10H3N7/c11-3-7-1-2-15-16-10(7)17-6-14-8(4-12)9(17)5-13/h1-2,6H. The number of imidazole rings is 1. The average Bonchev–Trinajstić information content (AvgIpc) is 2.81. The summed E-state index contributed by atoms with van der Waals surface area (Å²) in [4.78, 5) is 3.76. The molecule has 2 heterocycles. The smallest absolute Gasteiger partial charge is 0.179 e. The fraction of sp³-hybridized carbons (Fsp3) is 0. The molecule has 0 N–H and O–H groups in total. The average molecular weight is 221 g/mol. The lowest BCUT2D eigenvalue weighted by Crippen LogP contribution is -2.03. The molecule has 2 aromatic rings. The summed E-state index contributed by atoms with van der Waals surface area (Å²) in [6.07, 6.45) is 2.64. The summed E-state index contributed by atoms with van der Waals surface area (Å²) in [5, 5.41) is 34.0. The molecule has 0 aliphatic carbocycles. The predicted octanol–water partition coefficient (Wildman–Crippen LogP) is 0.277. The molecule has 0 spiro atoms. The van der Waals surface area contributed by atoms with Crippen molar-refractivity contribution in [2.75, 3.05) is 0 Å². The third kappa shape index (κ3) is 1.56. The first kappa shape index (κ1) is 10.3. The van der Waals surface area contributed by atoms with E-state index in [4.69, 9.17) is 15.8 Å². The quantitative estimate of drug-likeness (QED) is 0.682. The van der Waals surface area contributed by atoms with E-state index in [1.165, 1.54) is 23.2 Å². The van der Waals surface area contributed by atoms with E-state index in [0.717, 1.165) is 0 Å². The third-order valence-corrected chi connectivity index (χ3v) is 2.03. The lowest BCUT2D eigenvalue weighted by molar-refractivity contribution is 0.897. The zero-order valence-electron chi connectivity index (χ0n) is 8.36. The molecule has 0 amide bonds. The first-order chi connectivity index (χ1) is 8.31. The molecule has 0 radical (unpaired) electrons. The highest BCUT2D eigenvalue weighted by Crippen LogP contribution is 2.14. The van der Waals surface area contributed by atoms with Crippen LogP contribution in [0.4, 0.5) is 0 Å². The first-order valence-corrected chi connectivity index (χ1v) is 4.41. The van der Waals surface area contributed by atoms with Crippen molar-refractivity contribution in [3.05, 3.63) is 35.5 Å². The monoisotopic (exact) mass is 221 g/mol. The van der Waals surface area contributed by atoms with E-state index >= 15 is 0 Å². The zero-order valence-corrected chi connectivity index (χ0v) is 8.36. The van der Waals surface area contributed by atoms with E-state index in [2.05, 4.69) is 15.2 Å². The lowest BCUT2D eigenvalue weighted by atomic mass is 10.3. The van der Waals surface area contributed by atoms with Crippen molar-refractivity contribution in [1.29, 1.82) is 15.8 Å². The van der Waals surface area contributed by atoms with Gasteiger partial charge in [-0.1, -0.05) is 0 Å². The van der Waals surface area contributed by atoms with Gasteiger partial charge in [0.1, 0.15) is 24.5 Å². The third-order valence-electron chi connectivity index (χ3n) is 2.03. The van der Waals surface area contributed by atoms with E-state index < -0.39 is 0 Å². The van der Waals surface area contributed by atoms with Crippen molar-refractivity contribution in [3.63, 3.8) is 0 Å². The van der Waals surface area contributed by atoms with E-state index in [1.54, 1.807) is 6.07 Å². The van der Waals surface area contributed by atoms with Crippen LogP contribution >= 0.6 is 0 Å². The maximum atomic E-state index is 8.95. The Morgan fingerprint density at radius 1 is 1.12 bits per heavy atom. The number of hydrogen-bond donors (Lipinski definition) is 0. The second-order valence-corrected chi connectivity index (χ2v) is 2.92. The predicted molar refractivity (Wildman–Crippen MR) is 53.3 cm³/mol. The number of aromatic nitrogens is 4. The second-order valence-electron chi connectivity index (χ2n) is 2.92. The molecule has 17 heavy (non-hydrogen) atoms. The van der Waals surface area contributed by atoms with Crippen molar-refractivity contribution in [3.8, 4) is 24.0 Å². The van der Waals surface area contributed by atoms with Crippen molar-refractivity contribution < 1.29 is 0 Å². The summed E-state index contributed by atoms with van der Waals surface area (Å²) in [7, 11) is 0. The fourth-order valence-corrected chi connectivity index (χ4v) is 1.29. The SMILES string of the molecule is N#Cc1ccnnc1-n1cnc(C#N)c1C#N. The van der Waals surface area contributed by atoms with E-state index in [0.29, 0.717) is 0 Å². The minimum absolute atomic E-state index is 0.0120. The Morgan fingerprint density at radius 3 is 2.59 bits per heavy atom. The van der Waals surface area contributed by atoms with Gasteiger partial charge in [-0.2, -0.15) is 20.9 Å². The maximum absolute atomic E-state index is 8.95. The van der Waals surface area contributed by atoms with E-state index in [1.807, 2.05) is 12.1 Å². The Balaban J connectivity index is 2.72. The molecule has 0 fully saturated rings. The topological polar surface area (TPSA) is 115 Å². The van der Waals surface area contributed by atoms with Crippen LogP contribution in [0.15, 0.2) is 18.6 Å². The number of hydrogen-bond acceptors (Lipinski definition) is 6. The zero-order chi connectivity index (χ0) is 12.3. The maximum Gasteiger partial charge on any atom is 0.179 e. The molecule has 0 aliphatic heterocycles. The molecule has 2 rings (SSSR count). The van der Waals surface area contributed by atoms with Gasteiger partial charge in [0.2, 0.25) is 0 Å². The van der Waals surface area contributed by atoms with Gasteiger partial charge in [-0.05, 0) is 6.07 Å². The summed E-state index contributed by atoms with van der Waals surface area (Å²) in [5.41, 5.74) is 0.268. The van der Waals surface area contributed by atoms with Crippen LogP contribution in [0.5, 0.6) is 0 Å². The highest BCUT2D eigenvalue weighted by atomic mass is 15.2. The number of nitriles is 3. The molecule has 7 nitrogen and oxygen atoms in total. The molecule has 2 aromatic heterocycles. The highest BCUT2D eigenvalue weighted by Gasteiger charge is 2.15. The van der Waals surface area contributed by atoms with Crippen LogP contribution in [-0.2, 0) is 0 Å². The lowest BCUT2D eigenvalue weighted by Gasteiger charge is -2.02. The first-order valence-electron chi connectivity index (χ1n) is 4.41. The Bertz CT molecular complexity index is 693. The van der Waals surface area contributed by atoms with Gasteiger partial charge < -0.3 is 0 Å². The van der Waals surface area contributed by atoms with Crippen molar-refractivity contribution in [1.82, 2.24) is 19.7 Å². The summed E-state index contributed by atoms with van der Waals surface area (Å²) < 4.78 is 1.27. The Kier molecular flexibility index (Phi) is 2.48. The van der Waals surface area contributed by atoms with Crippen LogP contribution in [-0.4, -0.2) is 19.7 Å². The number of rotatable bonds is 1. The van der Waals surface area contributed by atoms with Crippen LogP contribution in [0, 0.1) is 34.0 Å². The highest BCUT2D eigenvalue weighted by molar-refractivity contribution is 5.47. The minimum atomic E-state index is -0.0120. The van der Waals surface area contributed by atoms with Crippen molar-refractivity contribution in [2.24, 2.45) is 0 Å². The molecule has 0 saturated heterocycles. The Morgan fingerprint density at radius 2 is 1.94 bits per heavy atom. The van der Waals surface area contributed by atoms with Gasteiger partial charge in [0.15, 0.2) is 17.2 Å². The number of nitrogens with zero attached hydrogens (tertiary/aromatic N) is 7. The molecule has 0 bridgehead atoms. The van der Waals surface area contributed by atoms with E-state index in [-0.39, 0.29) is 22.8 Å². The van der Waals surface area contributed by atoms with Crippen LogP contribution < -0.4 is 0 Å². The molecule has 78 valence electrons. The molecule has 0 saturated carbocycles. The molecule has 0 aliphatic rings. The molecular weight excluding hydrogens is 218 g/mol. The van der Waals surface area contributed by atoms with Crippen LogP contribution in [0.1, 0.15) is 17.0 Å². The van der Waals surface area contributed by atoms with Crippen molar-refractivity contribution >= 4 is 0 Å². The summed E-state index contributed by atoms with van der Waals surface area (Å²) >= 11 is 0. The van der Waals surface area contributed by atoms with Gasteiger partial charge in [0.05, 0.1) is 11.8 Å². The van der Waals surface area contributed by atoms with Crippen molar-refractivity contribution in [2.45, 2.75) is 0 Å². The Labute approximate surface area is 95.8 Å². The van der Waals surface area contributed by atoms with Gasteiger partial charge in [0, 0.05) is 0 Å². The molecule has 0 aromatic carbocycles. The minimum Gasteiger partial charge on any atom is -0.270 e. The second kappa shape index (κ2) is 4.09. The molecule has 0 atom stereocenters. The van der Waals surface area contributed by atoms with Gasteiger partial charge in [-0.3, -0.25) is 4.57 Å². The van der Waals surface area contributed by atoms with Crippen LogP contribution in [0.25, 0.3) is 5.82 Å². The fourth-order valence-electron chi connectivity index (χ4n) is 1.29. The summed E-state index contributed by atoms with van der Waals surface area (Å²) in [5.74, 6) is 0.181. The largest absolute Gasteiger partial charge is 0.270 e. The van der Waals surface area contributed by atoms with Gasteiger partial charge >= 0.3 is 0 Å². The van der Waals surface area contributed by atoms with Crippen LogP contribution in [0.3, 0.4) is 0 Å². The van der Waals surface area contributed by atoms with Gasteiger partial charge in [-0.25, -0.2) is 4.98 Å². The normalized spacial score (nSPS) is 9.00. The molecule has 0 unspecified atom stereocenters. The van der Waals surface area contributed by atoms with E-state index in [9.17, 15) is 0 Å². The Hall–Kier alpha value is -3.24. The molecular formula is C10H3N7. The summed E-state index contributed by atoms with van der Waals surface area (Å²) in [6.45, 7) is 0. The van der Waals surface area contributed by atoms with Crippen LogP contribution in [0.2, 0.25) is 0 Å². The van der Waals surface area contributed by atoms with Gasteiger partial charge in [0.25, 0.3) is 0 Å².